The van der Waals surface area contributed by atoms with Crippen molar-refractivity contribution in [2.45, 2.75) is 6.92 Å². The van der Waals surface area contributed by atoms with Gasteiger partial charge in [-0.3, -0.25) is 4.79 Å². The molecule has 0 saturated heterocycles. The zero-order valence-electron chi connectivity index (χ0n) is 19.3. The Labute approximate surface area is 204 Å². The van der Waals surface area contributed by atoms with E-state index in [9.17, 15) is 9.59 Å². The number of ketones is 1. The van der Waals surface area contributed by atoms with E-state index in [1.165, 1.54) is 11.0 Å². The average molecular weight is 464 g/mol. The molecule has 0 unspecified atom stereocenters. The Kier molecular flexibility index (Phi) is 7.71. The lowest BCUT2D eigenvalue weighted by Gasteiger charge is -2.22. The van der Waals surface area contributed by atoms with Gasteiger partial charge >= 0.3 is 6.09 Å². The minimum Gasteiger partial charge on any atom is -0.493 e. The van der Waals surface area contributed by atoms with E-state index in [-0.39, 0.29) is 5.78 Å². The number of para-hydroxylation sites is 3. The molecule has 4 aromatic rings. The molecule has 0 N–H and O–H groups in total. The highest BCUT2D eigenvalue weighted by Crippen LogP contribution is 2.27. The zero-order chi connectivity index (χ0) is 24.5. The topological polar surface area (TPSA) is 55.8 Å². The standard InChI is InChI=1S/C30H25NO4/c1-2-34-29-16-10-9-11-24(29)19-22-28(32)23-17-20-27(21-18-23)35-30(33)31(25-12-5-3-6-13-25)26-14-7-4-8-15-26/h3-22H,2H2,1H3/b22-19+. The monoisotopic (exact) mass is 463 g/mol. The molecule has 0 saturated carbocycles. The quantitative estimate of drug-likeness (QED) is 0.203. The van der Waals surface area contributed by atoms with E-state index in [1.54, 1.807) is 30.3 Å². The Morgan fingerprint density at radius 3 is 1.91 bits per heavy atom. The first-order chi connectivity index (χ1) is 17.2. The average Bonchev–Trinajstić information content (AvgIpc) is 2.90. The molecule has 0 heterocycles. The molecule has 0 spiro atoms. The van der Waals surface area contributed by atoms with Crippen molar-refractivity contribution in [2.75, 3.05) is 11.5 Å². The Morgan fingerprint density at radius 2 is 1.31 bits per heavy atom. The van der Waals surface area contributed by atoms with Crippen LogP contribution in [0.15, 0.2) is 115 Å². The van der Waals surface area contributed by atoms with Gasteiger partial charge in [0, 0.05) is 11.1 Å². The molecule has 5 heteroatoms. The Bertz CT molecular complexity index is 1260. The summed E-state index contributed by atoms with van der Waals surface area (Å²) in [5.74, 6) is 0.904. The maximum atomic E-state index is 13.1. The van der Waals surface area contributed by atoms with Crippen molar-refractivity contribution >= 4 is 29.3 Å². The summed E-state index contributed by atoms with van der Waals surface area (Å²) in [4.78, 5) is 27.2. The summed E-state index contributed by atoms with van der Waals surface area (Å²) in [5, 5.41) is 0. The van der Waals surface area contributed by atoms with Gasteiger partial charge in [0.2, 0.25) is 0 Å². The molecule has 0 aliphatic heterocycles. The second-order valence-corrected chi connectivity index (χ2v) is 7.57. The smallest absolute Gasteiger partial charge is 0.424 e. The van der Waals surface area contributed by atoms with Crippen molar-refractivity contribution in [1.82, 2.24) is 0 Å². The minimum atomic E-state index is -0.547. The summed E-state index contributed by atoms with van der Waals surface area (Å²) >= 11 is 0. The molecule has 5 nitrogen and oxygen atoms in total. The van der Waals surface area contributed by atoms with E-state index >= 15 is 0 Å². The van der Waals surface area contributed by atoms with Crippen LogP contribution in [-0.2, 0) is 0 Å². The van der Waals surface area contributed by atoms with Crippen molar-refractivity contribution in [3.63, 3.8) is 0 Å². The van der Waals surface area contributed by atoms with Crippen LogP contribution in [0.4, 0.5) is 16.2 Å². The van der Waals surface area contributed by atoms with Crippen LogP contribution in [0.3, 0.4) is 0 Å². The molecule has 0 fully saturated rings. The third kappa shape index (κ3) is 6.03. The number of anilines is 2. The fourth-order valence-electron chi connectivity index (χ4n) is 3.51. The summed E-state index contributed by atoms with van der Waals surface area (Å²) in [6, 6.07) is 32.6. The second-order valence-electron chi connectivity index (χ2n) is 7.57. The largest absolute Gasteiger partial charge is 0.493 e. The molecule has 4 aromatic carbocycles. The highest BCUT2D eigenvalue weighted by Gasteiger charge is 2.20. The first-order valence-corrected chi connectivity index (χ1v) is 11.3. The SMILES string of the molecule is CCOc1ccccc1/C=C/C(=O)c1ccc(OC(=O)N(c2ccccc2)c2ccccc2)cc1. The molecule has 0 radical (unpaired) electrons. The van der Waals surface area contributed by atoms with Crippen LogP contribution >= 0.6 is 0 Å². The third-order valence-electron chi connectivity index (χ3n) is 5.19. The number of allylic oxidation sites excluding steroid dienone is 1. The molecule has 0 aromatic heterocycles. The van der Waals surface area contributed by atoms with E-state index in [1.807, 2.05) is 91.9 Å². The van der Waals surface area contributed by atoms with Crippen LogP contribution in [0.2, 0.25) is 0 Å². The van der Waals surface area contributed by atoms with Crippen molar-refractivity contribution in [1.29, 1.82) is 0 Å². The van der Waals surface area contributed by atoms with Gasteiger partial charge in [0.25, 0.3) is 0 Å². The first kappa shape index (κ1) is 23.5. The van der Waals surface area contributed by atoms with Crippen molar-refractivity contribution in [3.8, 4) is 11.5 Å². The normalized spacial score (nSPS) is 10.7. The van der Waals surface area contributed by atoms with Gasteiger partial charge in [0.15, 0.2) is 5.78 Å². The summed E-state index contributed by atoms with van der Waals surface area (Å²) in [6.07, 6.45) is 2.69. The van der Waals surface area contributed by atoms with Gasteiger partial charge in [-0.2, -0.15) is 0 Å². The lowest BCUT2D eigenvalue weighted by Crippen LogP contribution is -2.29. The molecule has 174 valence electrons. The number of carbonyl (C=O) groups excluding carboxylic acids is 2. The van der Waals surface area contributed by atoms with Crippen LogP contribution in [0.1, 0.15) is 22.8 Å². The molecular weight excluding hydrogens is 438 g/mol. The van der Waals surface area contributed by atoms with E-state index in [0.29, 0.717) is 29.3 Å². The third-order valence-corrected chi connectivity index (χ3v) is 5.19. The summed E-state index contributed by atoms with van der Waals surface area (Å²) < 4.78 is 11.2. The van der Waals surface area contributed by atoms with Crippen LogP contribution in [0.5, 0.6) is 11.5 Å². The number of hydrogen-bond acceptors (Lipinski definition) is 4. The fourth-order valence-corrected chi connectivity index (χ4v) is 3.51. The molecule has 0 bridgehead atoms. The van der Waals surface area contributed by atoms with Gasteiger partial charge < -0.3 is 9.47 Å². The van der Waals surface area contributed by atoms with Gasteiger partial charge in [0.05, 0.1) is 18.0 Å². The molecule has 1 amide bonds. The number of hydrogen-bond donors (Lipinski definition) is 0. The van der Waals surface area contributed by atoms with Crippen LogP contribution in [0.25, 0.3) is 6.08 Å². The minimum absolute atomic E-state index is 0.163. The van der Waals surface area contributed by atoms with Gasteiger partial charge in [-0.1, -0.05) is 54.6 Å². The van der Waals surface area contributed by atoms with Gasteiger partial charge in [-0.05, 0) is 73.7 Å². The highest BCUT2D eigenvalue weighted by molar-refractivity contribution is 6.07. The van der Waals surface area contributed by atoms with Crippen LogP contribution < -0.4 is 14.4 Å². The van der Waals surface area contributed by atoms with Gasteiger partial charge in [-0.25, -0.2) is 9.69 Å². The molecular formula is C30H25NO4. The van der Waals surface area contributed by atoms with Crippen molar-refractivity contribution < 1.29 is 19.1 Å². The van der Waals surface area contributed by atoms with E-state index in [4.69, 9.17) is 9.47 Å². The molecule has 4 rings (SSSR count). The van der Waals surface area contributed by atoms with E-state index in [2.05, 4.69) is 0 Å². The van der Waals surface area contributed by atoms with Gasteiger partial charge in [-0.15, -0.1) is 0 Å². The highest BCUT2D eigenvalue weighted by atomic mass is 16.6. The predicted octanol–water partition coefficient (Wildman–Crippen LogP) is 7.32. The summed E-state index contributed by atoms with van der Waals surface area (Å²) in [7, 11) is 0. The van der Waals surface area contributed by atoms with Crippen molar-refractivity contribution in [3.05, 3.63) is 126 Å². The lowest BCUT2D eigenvalue weighted by molar-refractivity contribution is 0.104. The maximum Gasteiger partial charge on any atom is 0.424 e. The Balaban J connectivity index is 1.47. The lowest BCUT2D eigenvalue weighted by atomic mass is 10.1. The van der Waals surface area contributed by atoms with Crippen molar-refractivity contribution in [2.24, 2.45) is 0 Å². The Morgan fingerprint density at radius 1 is 0.743 bits per heavy atom. The van der Waals surface area contributed by atoms with Gasteiger partial charge in [0.1, 0.15) is 11.5 Å². The second kappa shape index (κ2) is 11.5. The molecule has 0 aliphatic carbocycles. The first-order valence-electron chi connectivity index (χ1n) is 11.3. The summed E-state index contributed by atoms with van der Waals surface area (Å²) in [6.45, 7) is 2.46. The predicted molar refractivity (Wildman–Crippen MR) is 138 cm³/mol. The number of rotatable bonds is 8. The molecule has 35 heavy (non-hydrogen) atoms. The molecule has 0 aliphatic rings. The number of carbonyl (C=O) groups is 2. The van der Waals surface area contributed by atoms with E-state index < -0.39 is 6.09 Å². The maximum absolute atomic E-state index is 13.1. The Hall–Kier alpha value is -4.64. The van der Waals surface area contributed by atoms with E-state index in [0.717, 1.165) is 11.3 Å². The van der Waals surface area contributed by atoms with Crippen LogP contribution in [-0.4, -0.2) is 18.5 Å². The summed E-state index contributed by atoms with van der Waals surface area (Å²) in [5.41, 5.74) is 2.69. The number of nitrogens with zero attached hydrogens (tertiary/aromatic N) is 1. The fraction of sp³-hybridized carbons (Fsp3) is 0.0667. The van der Waals surface area contributed by atoms with Crippen LogP contribution in [0, 0.1) is 0 Å². The number of ether oxygens (including phenoxy) is 2. The number of benzene rings is 4. The molecule has 0 atom stereocenters. The number of amides is 1. The zero-order valence-corrected chi connectivity index (χ0v) is 19.3.